The van der Waals surface area contributed by atoms with Gasteiger partial charge in [0.25, 0.3) is 5.91 Å². The summed E-state index contributed by atoms with van der Waals surface area (Å²) in [7, 11) is 0. The number of hydrogen-bond acceptors (Lipinski definition) is 5. The molecule has 0 aromatic heterocycles. The van der Waals surface area contributed by atoms with E-state index in [0.717, 1.165) is 30.9 Å². The Morgan fingerprint density at radius 2 is 1.97 bits per heavy atom. The molecule has 29 heavy (non-hydrogen) atoms. The number of benzene rings is 2. The zero-order valence-electron chi connectivity index (χ0n) is 16.6. The molecule has 1 heterocycles. The minimum absolute atomic E-state index is 0.0324. The Balaban J connectivity index is 1.52. The van der Waals surface area contributed by atoms with Crippen LogP contribution in [0.4, 0.5) is 5.69 Å². The van der Waals surface area contributed by atoms with Crippen LogP contribution in [0.15, 0.2) is 48.5 Å². The normalized spacial score (nSPS) is 15.8. The number of nitrogens with one attached hydrogen (secondary N) is 2. The van der Waals surface area contributed by atoms with Gasteiger partial charge in [0.1, 0.15) is 18.1 Å². The Morgan fingerprint density at radius 3 is 2.66 bits per heavy atom. The maximum atomic E-state index is 12.6. The molecule has 6 nitrogen and oxygen atoms in total. The van der Waals surface area contributed by atoms with E-state index >= 15 is 0 Å². The molecule has 0 spiro atoms. The van der Waals surface area contributed by atoms with Crippen LogP contribution in [0.1, 0.15) is 37.0 Å². The molecule has 1 unspecified atom stereocenters. The van der Waals surface area contributed by atoms with E-state index < -0.39 is 0 Å². The van der Waals surface area contributed by atoms with Gasteiger partial charge in [0.2, 0.25) is 0 Å². The van der Waals surface area contributed by atoms with E-state index in [4.69, 9.17) is 26.4 Å². The molecule has 7 heteroatoms. The average Bonchev–Trinajstić information content (AvgIpc) is 3.21. The number of ether oxygens (including phenoxy) is 3. The molecule has 0 bridgehead atoms. The number of thiocarbonyl (C=S) groups is 1. The van der Waals surface area contributed by atoms with Crippen LogP contribution in [0.2, 0.25) is 0 Å². The lowest BCUT2D eigenvalue weighted by Crippen LogP contribution is -2.34. The van der Waals surface area contributed by atoms with E-state index in [-0.39, 0.29) is 23.2 Å². The predicted molar refractivity (Wildman–Crippen MR) is 117 cm³/mol. The van der Waals surface area contributed by atoms with Gasteiger partial charge in [-0.15, -0.1) is 0 Å². The summed E-state index contributed by atoms with van der Waals surface area (Å²) in [5.41, 5.74) is 1.19. The molecular weight excluding hydrogens is 388 g/mol. The van der Waals surface area contributed by atoms with Crippen molar-refractivity contribution in [3.8, 4) is 11.5 Å². The quantitative estimate of drug-likeness (QED) is 0.663. The summed E-state index contributed by atoms with van der Waals surface area (Å²) in [6, 6.07) is 14.5. The number of carbonyl (C=O) groups excluding carboxylic acids is 1. The first kappa shape index (κ1) is 21.1. The summed E-state index contributed by atoms with van der Waals surface area (Å²) in [5, 5.41) is 5.91. The van der Waals surface area contributed by atoms with E-state index in [2.05, 4.69) is 10.6 Å². The topological polar surface area (TPSA) is 68.8 Å². The first-order valence-corrected chi connectivity index (χ1v) is 10.1. The molecule has 1 amide bonds. The van der Waals surface area contributed by atoms with Crippen LogP contribution in [0.25, 0.3) is 0 Å². The van der Waals surface area contributed by atoms with Crippen molar-refractivity contribution in [3.05, 3.63) is 54.1 Å². The molecule has 0 radical (unpaired) electrons. The van der Waals surface area contributed by atoms with Gasteiger partial charge in [-0.1, -0.05) is 12.1 Å². The number of amides is 1. The van der Waals surface area contributed by atoms with Gasteiger partial charge in [-0.05, 0) is 75.3 Å². The lowest BCUT2D eigenvalue weighted by atomic mass is 10.2. The number of para-hydroxylation sites is 1. The van der Waals surface area contributed by atoms with Crippen molar-refractivity contribution < 1.29 is 19.0 Å². The van der Waals surface area contributed by atoms with E-state index in [1.165, 1.54) is 0 Å². The largest absolute Gasteiger partial charge is 0.491 e. The third-order valence-corrected chi connectivity index (χ3v) is 4.50. The molecule has 3 rings (SSSR count). The van der Waals surface area contributed by atoms with Crippen LogP contribution >= 0.6 is 12.2 Å². The second-order valence-electron chi connectivity index (χ2n) is 7.04. The minimum Gasteiger partial charge on any atom is -0.491 e. The highest BCUT2D eigenvalue weighted by atomic mass is 32.1. The van der Waals surface area contributed by atoms with Gasteiger partial charge in [-0.2, -0.15) is 0 Å². The lowest BCUT2D eigenvalue weighted by Gasteiger charge is -2.15. The highest BCUT2D eigenvalue weighted by Crippen LogP contribution is 2.20. The first-order valence-electron chi connectivity index (χ1n) is 9.74. The van der Waals surface area contributed by atoms with Gasteiger partial charge in [0, 0.05) is 12.3 Å². The van der Waals surface area contributed by atoms with Crippen molar-refractivity contribution in [1.29, 1.82) is 0 Å². The maximum Gasteiger partial charge on any atom is 0.261 e. The van der Waals surface area contributed by atoms with Crippen LogP contribution in [-0.2, 0) is 4.74 Å². The van der Waals surface area contributed by atoms with Crippen LogP contribution < -0.4 is 20.1 Å². The van der Waals surface area contributed by atoms with Crippen molar-refractivity contribution in [3.63, 3.8) is 0 Å². The fourth-order valence-electron chi connectivity index (χ4n) is 2.94. The zero-order valence-corrected chi connectivity index (χ0v) is 17.5. The molecule has 1 saturated heterocycles. The summed E-state index contributed by atoms with van der Waals surface area (Å²) in [6.45, 7) is 5.19. The summed E-state index contributed by atoms with van der Waals surface area (Å²) < 4.78 is 17.0. The Kier molecular flexibility index (Phi) is 7.43. The fourth-order valence-corrected chi connectivity index (χ4v) is 3.15. The zero-order chi connectivity index (χ0) is 20.6. The molecule has 1 aliphatic heterocycles. The van der Waals surface area contributed by atoms with Gasteiger partial charge < -0.3 is 19.5 Å². The van der Waals surface area contributed by atoms with E-state index in [0.29, 0.717) is 17.9 Å². The summed E-state index contributed by atoms with van der Waals surface area (Å²) in [6.07, 6.45) is 2.28. The van der Waals surface area contributed by atoms with E-state index in [1.54, 1.807) is 18.2 Å². The van der Waals surface area contributed by atoms with Gasteiger partial charge in [-0.3, -0.25) is 10.1 Å². The molecule has 2 N–H and O–H groups in total. The Morgan fingerprint density at radius 1 is 1.21 bits per heavy atom. The molecule has 1 atom stereocenters. The van der Waals surface area contributed by atoms with Crippen molar-refractivity contribution in [2.75, 3.05) is 18.5 Å². The lowest BCUT2D eigenvalue weighted by molar-refractivity contribution is 0.0679. The molecule has 0 saturated carbocycles. The molecule has 154 valence electrons. The molecule has 2 aromatic rings. The molecule has 1 fully saturated rings. The van der Waals surface area contributed by atoms with Crippen LogP contribution in [0, 0.1) is 0 Å². The second kappa shape index (κ2) is 10.2. The third-order valence-electron chi connectivity index (χ3n) is 4.29. The van der Waals surface area contributed by atoms with Gasteiger partial charge in [0.05, 0.1) is 17.8 Å². The van der Waals surface area contributed by atoms with Crippen molar-refractivity contribution >= 4 is 28.9 Å². The SMILES string of the molecule is CC(C)Oc1ccccc1C(=O)NC(=S)Nc1ccc(OCC2CCCO2)cc1. The second-order valence-corrected chi connectivity index (χ2v) is 7.45. The number of rotatable bonds is 7. The van der Waals surface area contributed by atoms with Crippen LogP contribution in [0.3, 0.4) is 0 Å². The first-order chi connectivity index (χ1) is 14.0. The van der Waals surface area contributed by atoms with E-state index in [9.17, 15) is 4.79 Å². The third kappa shape index (κ3) is 6.44. The maximum absolute atomic E-state index is 12.6. The standard InChI is InChI=1S/C22H26N2O4S/c1-15(2)28-20-8-4-3-7-19(20)21(25)24-22(29)23-16-9-11-17(12-10-16)27-14-18-6-5-13-26-18/h3-4,7-12,15,18H,5-6,13-14H2,1-2H3,(H2,23,24,25,29). The van der Waals surface area contributed by atoms with Gasteiger partial charge >= 0.3 is 0 Å². The van der Waals surface area contributed by atoms with Crippen molar-refractivity contribution in [1.82, 2.24) is 5.32 Å². The number of anilines is 1. The monoisotopic (exact) mass is 414 g/mol. The summed E-state index contributed by atoms with van der Waals surface area (Å²) in [5.74, 6) is 0.964. The van der Waals surface area contributed by atoms with Gasteiger partial charge in [-0.25, -0.2) is 0 Å². The number of carbonyl (C=O) groups is 1. The van der Waals surface area contributed by atoms with Crippen molar-refractivity contribution in [2.24, 2.45) is 0 Å². The Hall–Kier alpha value is -2.64. The fraction of sp³-hybridized carbons (Fsp3) is 0.364. The van der Waals surface area contributed by atoms with Gasteiger partial charge in [0.15, 0.2) is 5.11 Å². The average molecular weight is 415 g/mol. The minimum atomic E-state index is -0.324. The Bertz CT molecular complexity index is 833. The summed E-state index contributed by atoms with van der Waals surface area (Å²) >= 11 is 5.27. The molecule has 2 aromatic carbocycles. The highest BCUT2D eigenvalue weighted by molar-refractivity contribution is 7.80. The smallest absolute Gasteiger partial charge is 0.261 e. The highest BCUT2D eigenvalue weighted by Gasteiger charge is 2.16. The summed E-state index contributed by atoms with van der Waals surface area (Å²) in [4.78, 5) is 12.6. The molecule has 0 aliphatic carbocycles. The number of hydrogen-bond donors (Lipinski definition) is 2. The van der Waals surface area contributed by atoms with E-state index in [1.807, 2.05) is 44.2 Å². The van der Waals surface area contributed by atoms with Crippen molar-refractivity contribution in [2.45, 2.75) is 38.9 Å². The Labute approximate surface area is 176 Å². The molecule has 1 aliphatic rings. The van der Waals surface area contributed by atoms with Crippen LogP contribution in [0.5, 0.6) is 11.5 Å². The predicted octanol–water partition coefficient (Wildman–Crippen LogP) is 4.16. The molecular formula is C22H26N2O4S. The van der Waals surface area contributed by atoms with Crippen LogP contribution in [-0.4, -0.2) is 36.4 Å².